The van der Waals surface area contributed by atoms with Gasteiger partial charge in [0.25, 0.3) is 6.33 Å². The third kappa shape index (κ3) is 6.34. The molecule has 0 N–H and O–H groups in total. The zero-order chi connectivity index (χ0) is 46.5. The van der Waals surface area contributed by atoms with E-state index in [4.69, 9.17) is 9.72 Å². The first-order chi connectivity index (χ1) is 33.7. The van der Waals surface area contributed by atoms with Gasteiger partial charge < -0.3 is 13.9 Å². The molecule has 0 radical (unpaired) electrons. The first kappa shape index (κ1) is 40.6. The van der Waals surface area contributed by atoms with E-state index in [-0.39, 0.29) is 5.41 Å². The van der Waals surface area contributed by atoms with Gasteiger partial charge >= 0.3 is 0 Å². The number of rotatable bonds is 7. The molecule has 0 saturated carbocycles. The quantitative estimate of drug-likeness (QED) is 0.118. The fraction of sp³-hybridized carbons (Fsp3) is 0.0968. The highest BCUT2D eigenvalue weighted by Gasteiger charge is 2.28. The van der Waals surface area contributed by atoms with Crippen LogP contribution in [0.2, 0.25) is 0 Å². The van der Waals surface area contributed by atoms with E-state index in [1.807, 2.05) is 22.9 Å². The summed E-state index contributed by atoms with van der Waals surface area (Å²) in [6.07, 6.45) is 9.75. The average molecular weight is 893 g/mol. The molecular formula is C62H48N6O. The van der Waals surface area contributed by atoms with Crippen LogP contribution in [-0.4, -0.2) is 23.3 Å². The second-order valence-corrected chi connectivity index (χ2v) is 19.2. The topological polar surface area (TPSA) is 45.7 Å². The minimum Gasteiger partial charge on any atom is -0.458 e. The summed E-state index contributed by atoms with van der Waals surface area (Å²) in [6.45, 7) is 6.78. The van der Waals surface area contributed by atoms with Crippen molar-refractivity contribution in [3.05, 3.63) is 212 Å². The third-order valence-electron chi connectivity index (χ3n) is 14.1. The number of pyridine rings is 1. The van der Waals surface area contributed by atoms with Crippen molar-refractivity contribution in [3.8, 4) is 50.9 Å². The Morgan fingerprint density at radius 3 is 1.80 bits per heavy atom. The summed E-state index contributed by atoms with van der Waals surface area (Å²) in [6, 6.07) is 64.4. The van der Waals surface area contributed by atoms with Gasteiger partial charge in [0, 0.05) is 82.1 Å². The molecule has 5 heterocycles. The monoisotopic (exact) mass is 892 g/mol. The highest BCUT2D eigenvalue weighted by molar-refractivity contribution is 6.40. The van der Waals surface area contributed by atoms with Crippen molar-refractivity contribution < 1.29 is 9.30 Å². The lowest BCUT2D eigenvalue weighted by molar-refractivity contribution is -0.599. The van der Waals surface area contributed by atoms with Crippen molar-refractivity contribution in [2.45, 2.75) is 26.2 Å². The van der Waals surface area contributed by atoms with Gasteiger partial charge in [0.05, 0.1) is 33.4 Å². The highest BCUT2D eigenvalue weighted by atomic mass is 16.5. The van der Waals surface area contributed by atoms with E-state index in [9.17, 15) is 0 Å². The molecule has 0 spiro atoms. The summed E-state index contributed by atoms with van der Waals surface area (Å²) in [5, 5.41) is 7.32. The maximum atomic E-state index is 6.90. The Labute approximate surface area is 399 Å². The second kappa shape index (κ2) is 15.4. The smallest absolute Gasteiger partial charge is 0.268 e. The Hall–Kier alpha value is -8.68. The van der Waals surface area contributed by atoms with Crippen LogP contribution in [0.3, 0.4) is 0 Å². The predicted octanol–water partition coefficient (Wildman–Crippen LogP) is 14.8. The van der Waals surface area contributed by atoms with Gasteiger partial charge in [-0.2, -0.15) is 0 Å². The standard InChI is InChI=1S/C62H48N6O/c1-62(2,3)42-32-33-63-54(36-42)68-53-38-45(30-31-50(53)57-59-55(48-24-12-14-28-51(48)64(59)4)56-49-25-13-15-29-52(49)65(5)60(56)61(57)68)69-44-23-16-22-43(37-44)66-34-35-67(39-66)58-46(40-18-8-6-9-19-40)26-17-27-47(58)41-20-10-7-11-21-41/h6-38H,1-5H3. The number of hydrogen-bond acceptors (Lipinski definition) is 2. The molecular weight excluding hydrogens is 845 g/mol. The fourth-order valence-electron chi connectivity index (χ4n) is 10.8. The summed E-state index contributed by atoms with van der Waals surface area (Å²) >= 11 is 0. The van der Waals surface area contributed by atoms with Gasteiger partial charge in [-0.3, -0.25) is 13.7 Å². The van der Waals surface area contributed by atoms with Gasteiger partial charge in [-0.1, -0.05) is 142 Å². The fourth-order valence-corrected chi connectivity index (χ4v) is 10.8. The minimum absolute atomic E-state index is 0.0836. The third-order valence-corrected chi connectivity index (χ3v) is 14.1. The van der Waals surface area contributed by atoms with E-state index < -0.39 is 0 Å². The average Bonchev–Trinajstić information content (AvgIpc) is 4.15. The lowest BCUT2D eigenvalue weighted by Gasteiger charge is -2.20. The van der Waals surface area contributed by atoms with Crippen LogP contribution in [0.4, 0.5) is 0 Å². The van der Waals surface area contributed by atoms with Crippen LogP contribution in [0.1, 0.15) is 26.3 Å². The van der Waals surface area contributed by atoms with E-state index in [0.717, 1.165) is 67.4 Å². The Kier molecular flexibility index (Phi) is 9.08. The van der Waals surface area contributed by atoms with Crippen molar-refractivity contribution in [1.82, 2.24) is 23.3 Å². The summed E-state index contributed by atoms with van der Waals surface area (Å²) in [5.41, 5.74) is 14.6. The number of para-hydroxylation sites is 3. The molecule has 0 aliphatic heterocycles. The Morgan fingerprint density at radius 2 is 1.12 bits per heavy atom. The van der Waals surface area contributed by atoms with Gasteiger partial charge in [-0.05, 0) is 87.8 Å². The summed E-state index contributed by atoms with van der Waals surface area (Å²) in [4.78, 5) is 5.16. The van der Waals surface area contributed by atoms with Crippen LogP contribution in [0, 0.1) is 6.33 Å². The molecule has 0 fully saturated rings. The molecule has 13 aromatic rings. The number of ether oxygens (including phenoxy) is 1. The van der Waals surface area contributed by atoms with Gasteiger partial charge in [0.15, 0.2) is 0 Å². The summed E-state index contributed by atoms with van der Waals surface area (Å²) in [5.74, 6) is 2.32. The molecule has 0 aliphatic rings. The lowest BCUT2D eigenvalue weighted by Crippen LogP contribution is -2.28. The molecule has 7 nitrogen and oxygen atoms in total. The number of imidazole rings is 1. The van der Waals surface area contributed by atoms with E-state index >= 15 is 0 Å². The second-order valence-electron chi connectivity index (χ2n) is 19.2. The van der Waals surface area contributed by atoms with E-state index in [0.29, 0.717) is 0 Å². The van der Waals surface area contributed by atoms with Crippen molar-refractivity contribution in [3.63, 3.8) is 0 Å². The molecule has 0 saturated heterocycles. The van der Waals surface area contributed by atoms with Gasteiger partial charge in [0.1, 0.15) is 17.3 Å². The summed E-state index contributed by atoms with van der Waals surface area (Å²) in [7, 11) is 4.42. The van der Waals surface area contributed by atoms with Crippen LogP contribution in [0.15, 0.2) is 201 Å². The minimum atomic E-state index is -0.0836. The molecule has 7 heteroatoms. The van der Waals surface area contributed by atoms with Crippen LogP contribution in [0.5, 0.6) is 11.5 Å². The maximum Gasteiger partial charge on any atom is 0.268 e. The molecule has 0 atom stereocenters. The molecule has 8 aromatic carbocycles. The van der Waals surface area contributed by atoms with Gasteiger partial charge in [-0.25, -0.2) is 4.98 Å². The Balaban J connectivity index is 0.989. The molecule has 0 bridgehead atoms. The van der Waals surface area contributed by atoms with E-state index in [1.165, 1.54) is 54.6 Å². The van der Waals surface area contributed by atoms with Crippen molar-refractivity contribution in [2.75, 3.05) is 0 Å². The van der Waals surface area contributed by atoms with E-state index in [2.05, 4.69) is 242 Å². The predicted molar refractivity (Wildman–Crippen MR) is 282 cm³/mol. The number of hydrogen-bond donors (Lipinski definition) is 0. The molecule has 0 aliphatic carbocycles. The van der Waals surface area contributed by atoms with Crippen molar-refractivity contribution >= 4 is 65.4 Å². The van der Waals surface area contributed by atoms with Crippen molar-refractivity contribution in [2.24, 2.45) is 14.1 Å². The number of aryl methyl sites for hydroxylation is 2. The van der Waals surface area contributed by atoms with Gasteiger partial charge in [0.2, 0.25) is 0 Å². The number of fused-ring (bicyclic) bond motifs is 12. The van der Waals surface area contributed by atoms with Crippen molar-refractivity contribution in [1.29, 1.82) is 0 Å². The lowest BCUT2D eigenvalue weighted by atomic mass is 9.88. The highest BCUT2D eigenvalue weighted by Crippen LogP contribution is 2.49. The number of aromatic nitrogens is 6. The zero-order valence-electron chi connectivity index (χ0n) is 39.1. The van der Waals surface area contributed by atoms with E-state index in [1.54, 1.807) is 0 Å². The largest absolute Gasteiger partial charge is 0.458 e. The van der Waals surface area contributed by atoms with Crippen LogP contribution in [-0.2, 0) is 19.5 Å². The Morgan fingerprint density at radius 1 is 0.522 bits per heavy atom. The van der Waals surface area contributed by atoms with Crippen LogP contribution in [0.25, 0.3) is 105 Å². The first-order valence-corrected chi connectivity index (χ1v) is 23.6. The van der Waals surface area contributed by atoms with Gasteiger partial charge in [-0.15, -0.1) is 0 Å². The first-order valence-electron chi connectivity index (χ1n) is 23.6. The molecule has 332 valence electrons. The molecule has 5 aromatic heterocycles. The molecule has 69 heavy (non-hydrogen) atoms. The SMILES string of the molecule is Cn1c2ccccc2c2c3c4ccccc4n(C)c3c3c(c4ccc(Oc5cccc(-[n+]6[c-]n(-c7c(-c8ccccc8)cccc7-c7ccccc7)cc6)c5)cc4n3-c3cc(C(C)(C)C)ccn3)c21. The molecule has 0 unspecified atom stereocenters. The normalized spacial score (nSPS) is 12.1. The molecule has 13 rings (SSSR count). The summed E-state index contributed by atoms with van der Waals surface area (Å²) < 4.78 is 18.2. The number of nitrogens with zero attached hydrogens (tertiary/aromatic N) is 6. The van der Waals surface area contributed by atoms with Crippen LogP contribution >= 0.6 is 0 Å². The van der Waals surface area contributed by atoms with Crippen LogP contribution < -0.4 is 9.30 Å². The number of benzene rings is 8. The Bertz CT molecular complexity index is 4100. The molecule has 0 amide bonds. The maximum absolute atomic E-state index is 6.90. The zero-order valence-corrected chi connectivity index (χ0v) is 39.1.